The van der Waals surface area contributed by atoms with E-state index in [1.54, 1.807) is 24.3 Å². The van der Waals surface area contributed by atoms with E-state index in [9.17, 15) is 4.79 Å². The van der Waals surface area contributed by atoms with Crippen molar-refractivity contribution in [2.75, 3.05) is 0 Å². The van der Waals surface area contributed by atoms with E-state index < -0.39 is 0 Å². The molecule has 1 aromatic heterocycles. The van der Waals surface area contributed by atoms with Crippen molar-refractivity contribution < 1.29 is 4.79 Å². The summed E-state index contributed by atoms with van der Waals surface area (Å²) in [4.78, 5) is 13.8. The van der Waals surface area contributed by atoms with Gasteiger partial charge in [0.25, 0.3) is 0 Å². The fourth-order valence-electron chi connectivity index (χ4n) is 2.69. The molecule has 0 N–H and O–H groups in total. The molecular weight excluding hydrogens is 371 g/mol. The number of hydrogen-bond donors (Lipinski definition) is 0. The van der Waals surface area contributed by atoms with E-state index in [-0.39, 0.29) is 12.3 Å². The number of benzene rings is 3. The molecule has 0 aliphatic carbocycles. The Morgan fingerprint density at radius 1 is 0.923 bits per heavy atom. The van der Waals surface area contributed by atoms with Gasteiger partial charge in [-0.05, 0) is 40.3 Å². The van der Waals surface area contributed by atoms with Crippen molar-refractivity contribution in [2.24, 2.45) is 0 Å². The van der Waals surface area contributed by atoms with Crippen molar-refractivity contribution in [3.63, 3.8) is 0 Å². The molecule has 0 atom stereocenters. The molecule has 1 heterocycles. The normalized spacial score (nSPS) is 11.0. The summed E-state index contributed by atoms with van der Waals surface area (Å²) >= 11 is 12.0. The lowest BCUT2D eigenvalue weighted by Crippen LogP contribution is -2.13. The Balaban J connectivity index is 1.57. The number of carbonyl (C=O) groups is 1. The fraction of sp³-hybridized carbons (Fsp3) is 0.0526. The number of ketones is 1. The maximum Gasteiger partial charge on any atom is 0.205 e. The number of tetrazole rings is 1. The summed E-state index contributed by atoms with van der Waals surface area (Å²) in [5.41, 5.74) is 1.25. The summed E-state index contributed by atoms with van der Waals surface area (Å²) in [6.07, 6.45) is 0. The Morgan fingerprint density at radius 3 is 2.42 bits per heavy atom. The number of hydrogen-bond acceptors (Lipinski definition) is 4. The molecule has 0 radical (unpaired) electrons. The van der Waals surface area contributed by atoms with Gasteiger partial charge in [-0.1, -0.05) is 59.6 Å². The Labute approximate surface area is 159 Å². The third-order valence-corrected chi connectivity index (χ3v) is 4.37. The fourth-order valence-corrected chi connectivity index (χ4v) is 3.22. The van der Waals surface area contributed by atoms with Crippen LogP contribution >= 0.6 is 23.2 Å². The van der Waals surface area contributed by atoms with E-state index in [0.29, 0.717) is 27.0 Å². The number of carbonyl (C=O) groups excluding carboxylic acids is 1. The monoisotopic (exact) mass is 382 g/mol. The third-order valence-electron chi connectivity index (χ3n) is 3.93. The molecule has 0 saturated heterocycles. The highest BCUT2D eigenvalue weighted by Crippen LogP contribution is 2.24. The van der Waals surface area contributed by atoms with Gasteiger partial charge < -0.3 is 0 Å². The molecule has 0 fully saturated rings. The minimum Gasteiger partial charge on any atom is -0.292 e. The van der Waals surface area contributed by atoms with Gasteiger partial charge in [-0.2, -0.15) is 4.80 Å². The molecule has 4 aromatic rings. The Bertz CT molecular complexity index is 1100. The second kappa shape index (κ2) is 6.86. The summed E-state index contributed by atoms with van der Waals surface area (Å²) in [7, 11) is 0. The predicted molar refractivity (Wildman–Crippen MR) is 102 cm³/mol. The van der Waals surface area contributed by atoms with Crippen LogP contribution in [0.3, 0.4) is 0 Å². The van der Waals surface area contributed by atoms with Gasteiger partial charge in [-0.25, -0.2) is 0 Å². The number of Topliss-reactive ketones (excluding diaryl/α,β-unsaturated/α-hetero) is 1. The number of fused-ring (bicyclic) bond motifs is 1. The van der Waals surface area contributed by atoms with Crippen LogP contribution in [0.1, 0.15) is 10.4 Å². The van der Waals surface area contributed by atoms with Crippen molar-refractivity contribution in [3.8, 4) is 11.4 Å². The largest absolute Gasteiger partial charge is 0.292 e. The van der Waals surface area contributed by atoms with Crippen LogP contribution in [0.4, 0.5) is 0 Å². The van der Waals surface area contributed by atoms with Crippen molar-refractivity contribution in [1.82, 2.24) is 20.2 Å². The second-order valence-corrected chi connectivity index (χ2v) is 6.66. The summed E-state index contributed by atoms with van der Waals surface area (Å²) in [6, 6.07) is 18.5. The van der Waals surface area contributed by atoms with Crippen LogP contribution in [-0.2, 0) is 6.54 Å². The molecule has 0 aliphatic heterocycles. The van der Waals surface area contributed by atoms with E-state index in [1.165, 1.54) is 4.80 Å². The molecule has 0 saturated carbocycles. The first-order valence-electron chi connectivity index (χ1n) is 7.85. The van der Waals surface area contributed by atoms with E-state index in [2.05, 4.69) is 15.4 Å². The first-order valence-corrected chi connectivity index (χ1v) is 8.60. The third kappa shape index (κ3) is 3.45. The molecule has 0 amide bonds. The zero-order chi connectivity index (χ0) is 18.1. The molecule has 3 aromatic carbocycles. The van der Waals surface area contributed by atoms with Crippen LogP contribution in [0, 0.1) is 0 Å². The zero-order valence-corrected chi connectivity index (χ0v) is 14.9. The van der Waals surface area contributed by atoms with Crippen molar-refractivity contribution >= 4 is 39.8 Å². The van der Waals surface area contributed by atoms with Gasteiger partial charge in [0.1, 0.15) is 6.54 Å². The maximum atomic E-state index is 12.5. The minimum atomic E-state index is -0.0937. The average Bonchev–Trinajstić information content (AvgIpc) is 3.09. The van der Waals surface area contributed by atoms with Gasteiger partial charge in [0.15, 0.2) is 5.78 Å². The zero-order valence-electron chi connectivity index (χ0n) is 13.4. The van der Waals surface area contributed by atoms with Crippen molar-refractivity contribution in [1.29, 1.82) is 0 Å². The molecule has 7 heteroatoms. The van der Waals surface area contributed by atoms with E-state index >= 15 is 0 Å². The first-order chi connectivity index (χ1) is 12.6. The summed E-state index contributed by atoms with van der Waals surface area (Å²) in [5, 5.41) is 15.2. The predicted octanol–water partition coefficient (Wildman–Crippen LogP) is 4.68. The van der Waals surface area contributed by atoms with Crippen molar-refractivity contribution in [2.45, 2.75) is 6.54 Å². The highest BCUT2D eigenvalue weighted by atomic mass is 35.5. The van der Waals surface area contributed by atoms with Gasteiger partial charge in [0.05, 0.1) is 0 Å². The van der Waals surface area contributed by atoms with Gasteiger partial charge in [0.2, 0.25) is 5.82 Å². The summed E-state index contributed by atoms with van der Waals surface area (Å²) in [5.74, 6) is 0.268. The van der Waals surface area contributed by atoms with E-state index in [0.717, 1.165) is 10.8 Å². The van der Waals surface area contributed by atoms with Gasteiger partial charge >= 0.3 is 0 Å². The van der Waals surface area contributed by atoms with E-state index in [4.69, 9.17) is 23.2 Å². The summed E-state index contributed by atoms with van der Waals surface area (Å²) < 4.78 is 0. The SMILES string of the molecule is O=C(Cn1nnc(-c2cc(Cl)cc(Cl)c2)n1)c1ccc2ccccc2c1. The quantitative estimate of drug-likeness (QED) is 0.480. The number of aromatic nitrogens is 4. The second-order valence-electron chi connectivity index (χ2n) is 5.79. The van der Waals surface area contributed by atoms with Gasteiger partial charge in [-0.3, -0.25) is 4.79 Å². The molecular formula is C19H12Cl2N4O. The number of halogens is 2. The van der Waals surface area contributed by atoms with Crippen LogP contribution in [0.25, 0.3) is 22.2 Å². The molecule has 0 aliphatic rings. The molecule has 26 heavy (non-hydrogen) atoms. The Kier molecular flexibility index (Phi) is 4.41. The number of rotatable bonds is 4. The number of nitrogens with zero attached hydrogens (tertiary/aromatic N) is 4. The highest BCUT2D eigenvalue weighted by molar-refractivity contribution is 6.35. The smallest absolute Gasteiger partial charge is 0.205 e. The van der Waals surface area contributed by atoms with Crippen LogP contribution in [0.2, 0.25) is 10.0 Å². The van der Waals surface area contributed by atoms with Crippen LogP contribution in [0.15, 0.2) is 60.7 Å². The van der Waals surface area contributed by atoms with Crippen LogP contribution in [-0.4, -0.2) is 26.0 Å². The molecule has 0 unspecified atom stereocenters. The van der Waals surface area contributed by atoms with Crippen LogP contribution in [0.5, 0.6) is 0 Å². The topological polar surface area (TPSA) is 60.7 Å². The first kappa shape index (κ1) is 16.7. The van der Waals surface area contributed by atoms with Crippen LogP contribution < -0.4 is 0 Å². The lowest BCUT2D eigenvalue weighted by molar-refractivity contribution is 0.0961. The maximum absolute atomic E-state index is 12.5. The Morgan fingerprint density at radius 2 is 1.65 bits per heavy atom. The molecule has 128 valence electrons. The lowest BCUT2D eigenvalue weighted by Gasteiger charge is -2.02. The highest BCUT2D eigenvalue weighted by Gasteiger charge is 2.12. The Hall–Kier alpha value is -2.76. The summed E-state index contributed by atoms with van der Waals surface area (Å²) in [6.45, 7) is -0.000359. The molecule has 0 bridgehead atoms. The standard InChI is InChI=1S/C19H12Cl2N4O/c20-16-8-15(9-17(21)10-16)19-22-24-25(23-19)11-18(26)14-6-5-12-3-1-2-4-13(12)7-14/h1-10H,11H2. The molecule has 0 spiro atoms. The lowest BCUT2D eigenvalue weighted by atomic mass is 10.0. The molecule has 4 rings (SSSR count). The van der Waals surface area contributed by atoms with E-state index in [1.807, 2.05) is 36.4 Å². The minimum absolute atomic E-state index is 0.000359. The molecule has 5 nitrogen and oxygen atoms in total. The van der Waals surface area contributed by atoms with Gasteiger partial charge in [-0.15, -0.1) is 10.2 Å². The average molecular weight is 383 g/mol. The van der Waals surface area contributed by atoms with Gasteiger partial charge in [0, 0.05) is 21.2 Å². The van der Waals surface area contributed by atoms with Crippen molar-refractivity contribution in [3.05, 3.63) is 76.3 Å².